The molecule has 0 aromatic heterocycles. The fourth-order valence-corrected chi connectivity index (χ4v) is 2.10. The first-order chi connectivity index (χ1) is 9.02. The van der Waals surface area contributed by atoms with Gasteiger partial charge in [-0.15, -0.1) is 0 Å². The molecule has 1 aromatic carbocycles. The Hall–Kier alpha value is -1.88. The Balaban J connectivity index is 2.13. The van der Waals surface area contributed by atoms with Crippen molar-refractivity contribution in [1.29, 1.82) is 0 Å². The molecule has 0 saturated carbocycles. The van der Waals surface area contributed by atoms with Gasteiger partial charge in [0.2, 0.25) is 5.91 Å². The van der Waals surface area contributed by atoms with Gasteiger partial charge in [-0.25, -0.2) is 4.99 Å². The van der Waals surface area contributed by atoms with Crippen molar-refractivity contribution in [2.75, 3.05) is 33.0 Å². The first-order valence-electron chi connectivity index (χ1n) is 6.19. The van der Waals surface area contributed by atoms with Crippen LogP contribution in [-0.4, -0.2) is 44.5 Å². The maximum atomic E-state index is 11.9. The molecule has 1 aromatic rings. The molecule has 0 aliphatic carbocycles. The fourth-order valence-electron chi connectivity index (χ4n) is 2.10. The summed E-state index contributed by atoms with van der Waals surface area (Å²) in [6.45, 7) is 1.08. The van der Waals surface area contributed by atoms with Crippen LogP contribution in [0, 0.1) is 0 Å². The maximum absolute atomic E-state index is 11.9. The van der Waals surface area contributed by atoms with Gasteiger partial charge in [0.25, 0.3) is 0 Å². The molecule has 1 saturated heterocycles. The molecule has 0 unspecified atom stereocenters. The van der Waals surface area contributed by atoms with Crippen LogP contribution in [0.5, 0.6) is 0 Å². The first-order valence-corrected chi connectivity index (χ1v) is 6.19. The summed E-state index contributed by atoms with van der Waals surface area (Å²) < 4.78 is 5.30. The lowest BCUT2D eigenvalue weighted by Gasteiger charge is -2.41. The number of hydrogen-bond acceptors (Lipinski definition) is 3. The summed E-state index contributed by atoms with van der Waals surface area (Å²) in [7, 11) is 3.66. The summed E-state index contributed by atoms with van der Waals surface area (Å²) in [4.78, 5) is 17.6. The fraction of sp³-hybridized carbons (Fsp3) is 0.429. The van der Waals surface area contributed by atoms with Gasteiger partial charge in [-0.3, -0.25) is 4.79 Å². The summed E-state index contributed by atoms with van der Waals surface area (Å²) in [5, 5.41) is 0. The first kappa shape index (κ1) is 13.5. The van der Waals surface area contributed by atoms with Crippen molar-refractivity contribution in [3.63, 3.8) is 0 Å². The Bertz CT molecular complexity index is 493. The van der Waals surface area contributed by atoms with Gasteiger partial charge >= 0.3 is 0 Å². The zero-order chi connectivity index (χ0) is 13.9. The molecular weight excluding hydrogens is 242 g/mol. The average molecular weight is 261 g/mol. The number of hydrogen-bond donors (Lipinski definition) is 1. The van der Waals surface area contributed by atoms with E-state index < -0.39 is 0 Å². The van der Waals surface area contributed by atoms with E-state index in [0.29, 0.717) is 25.3 Å². The lowest BCUT2D eigenvalue weighted by atomic mass is 9.75. The van der Waals surface area contributed by atoms with E-state index in [0.717, 1.165) is 5.56 Å². The second kappa shape index (κ2) is 5.40. The van der Waals surface area contributed by atoms with Gasteiger partial charge in [0.15, 0.2) is 0 Å². The summed E-state index contributed by atoms with van der Waals surface area (Å²) in [5.74, 6) is -0.139. The van der Waals surface area contributed by atoms with E-state index in [9.17, 15) is 4.79 Å². The maximum Gasteiger partial charge on any atom is 0.248 e. The van der Waals surface area contributed by atoms with Gasteiger partial charge in [-0.1, -0.05) is 12.1 Å². The van der Waals surface area contributed by atoms with Crippen LogP contribution >= 0.6 is 0 Å². The molecule has 1 fully saturated rings. The number of amides is 1. The van der Waals surface area contributed by atoms with Crippen molar-refractivity contribution in [2.45, 2.75) is 11.8 Å². The Morgan fingerprint density at radius 2 is 2.26 bits per heavy atom. The smallest absolute Gasteiger partial charge is 0.248 e. The molecule has 5 heteroatoms. The molecular formula is C14H19N3O2. The predicted octanol–water partition coefficient (Wildman–Crippen LogP) is 1.04. The molecule has 1 heterocycles. The van der Waals surface area contributed by atoms with Crippen molar-refractivity contribution >= 4 is 17.9 Å². The van der Waals surface area contributed by atoms with Crippen LogP contribution in [0.1, 0.15) is 12.0 Å². The van der Waals surface area contributed by atoms with E-state index in [1.165, 1.54) is 6.34 Å². The van der Waals surface area contributed by atoms with Crippen LogP contribution in [0.3, 0.4) is 0 Å². The Morgan fingerprint density at radius 3 is 2.79 bits per heavy atom. The standard InChI is InChI=1S/C14H19N3O2/c1-17(2)10-16-13(18)7-14(8-19-9-14)11-4-3-5-12(15)6-11/h3-6,10H,7-9,15H2,1-2H3. The van der Waals surface area contributed by atoms with E-state index >= 15 is 0 Å². The summed E-state index contributed by atoms with van der Waals surface area (Å²) in [6, 6.07) is 7.63. The zero-order valence-electron chi connectivity index (χ0n) is 11.3. The second-order valence-corrected chi connectivity index (χ2v) is 5.18. The lowest BCUT2D eigenvalue weighted by Crippen LogP contribution is -2.48. The normalized spacial score (nSPS) is 17.2. The van der Waals surface area contributed by atoms with E-state index in [1.54, 1.807) is 4.90 Å². The van der Waals surface area contributed by atoms with Gasteiger partial charge < -0.3 is 15.4 Å². The third-order valence-electron chi connectivity index (χ3n) is 3.18. The minimum Gasteiger partial charge on any atom is -0.399 e. The number of carbonyl (C=O) groups excluding carboxylic acids is 1. The van der Waals surface area contributed by atoms with Crippen LogP contribution in [0.4, 0.5) is 5.69 Å². The van der Waals surface area contributed by atoms with Crippen LogP contribution < -0.4 is 5.73 Å². The number of nitrogens with two attached hydrogens (primary N) is 1. The van der Waals surface area contributed by atoms with Gasteiger partial charge in [0.1, 0.15) is 0 Å². The van der Waals surface area contributed by atoms with E-state index in [2.05, 4.69) is 4.99 Å². The number of nitrogens with zero attached hydrogens (tertiary/aromatic N) is 2. The average Bonchev–Trinajstić information content (AvgIpc) is 2.31. The highest BCUT2D eigenvalue weighted by molar-refractivity contribution is 5.85. The molecule has 1 amide bonds. The van der Waals surface area contributed by atoms with E-state index in [4.69, 9.17) is 10.5 Å². The molecule has 1 aliphatic heterocycles. The number of nitrogen functional groups attached to an aromatic ring is 1. The highest BCUT2D eigenvalue weighted by Gasteiger charge is 2.42. The summed E-state index contributed by atoms with van der Waals surface area (Å²) in [5.41, 5.74) is 7.28. The van der Waals surface area contributed by atoms with Crippen molar-refractivity contribution in [3.05, 3.63) is 29.8 Å². The van der Waals surface area contributed by atoms with E-state index in [-0.39, 0.29) is 11.3 Å². The van der Waals surface area contributed by atoms with Crippen LogP contribution in [0.15, 0.2) is 29.3 Å². The molecule has 0 bridgehead atoms. The van der Waals surface area contributed by atoms with E-state index in [1.807, 2.05) is 38.4 Å². The van der Waals surface area contributed by atoms with Gasteiger partial charge in [-0.05, 0) is 17.7 Å². The van der Waals surface area contributed by atoms with Gasteiger partial charge in [0.05, 0.1) is 25.0 Å². The minimum atomic E-state index is -0.268. The molecule has 19 heavy (non-hydrogen) atoms. The quantitative estimate of drug-likeness (QED) is 0.499. The monoisotopic (exact) mass is 261 g/mol. The van der Waals surface area contributed by atoms with Crippen LogP contribution in [0.25, 0.3) is 0 Å². The molecule has 0 radical (unpaired) electrons. The SMILES string of the molecule is CN(C)C=NC(=O)CC1(c2cccc(N)c2)COC1. The largest absolute Gasteiger partial charge is 0.399 e. The number of anilines is 1. The Morgan fingerprint density at radius 1 is 1.53 bits per heavy atom. The summed E-state index contributed by atoms with van der Waals surface area (Å²) in [6.07, 6.45) is 1.87. The second-order valence-electron chi connectivity index (χ2n) is 5.18. The zero-order valence-corrected chi connectivity index (χ0v) is 11.3. The molecule has 0 spiro atoms. The van der Waals surface area contributed by atoms with Crippen molar-refractivity contribution < 1.29 is 9.53 Å². The van der Waals surface area contributed by atoms with Crippen LogP contribution in [-0.2, 0) is 14.9 Å². The van der Waals surface area contributed by atoms with Crippen molar-refractivity contribution in [2.24, 2.45) is 4.99 Å². The summed E-state index contributed by atoms with van der Waals surface area (Å²) >= 11 is 0. The molecule has 0 atom stereocenters. The highest BCUT2D eigenvalue weighted by atomic mass is 16.5. The molecule has 5 nitrogen and oxygen atoms in total. The third-order valence-corrected chi connectivity index (χ3v) is 3.18. The lowest BCUT2D eigenvalue weighted by molar-refractivity contribution is -0.126. The molecule has 1 aliphatic rings. The number of benzene rings is 1. The van der Waals surface area contributed by atoms with Crippen molar-refractivity contribution in [1.82, 2.24) is 4.90 Å². The Kier molecular flexibility index (Phi) is 3.85. The number of aliphatic imine (C=N–C) groups is 1. The minimum absolute atomic E-state index is 0.139. The topological polar surface area (TPSA) is 67.9 Å². The number of carbonyl (C=O) groups is 1. The van der Waals surface area contributed by atoms with Gasteiger partial charge in [0, 0.05) is 26.2 Å². The highest BCUT2D eigenvalue weighted by Crippen LogP contribution is 2.36. The molecule has 2 N–H and O–H groups in total. The third kappa shape index (κ3) is 3.12. The van der Waals surface area contributed by atoms with Gasteiger partial charge in [-0.2, -0.15) is 0 Å². The van der Waals surface area contributed by atoms with Crippen molar-refractivity contribution in [3.8, 4) is 0 Å². The van der Waals surface area contributed by atoms with Crippen LogP contribution in [0.2, 0.25) is 0 Å². The molecule has 2 rings (SSSR count). The number of ether oxygens (including phenoxy) is 1. The number of rotatable bonds is 4. The predicted molar refractivity (Wildman–Crippen MR) is 75.2 cm³/mol. The Labute approximate surface area is 113 Å². The molecule has 102 valence electrons.